The zero-order chi connectivity index (χ0) is 11.5. The van der Waals surface area contributed by atoms with Gasteiger partial charge in [0.15, 0.2) is 0 Å². The van der Waals surface area contributed by atoms with Crippen molar-refractivity contribution in [3.63, 3.8) is 0 Å². The molecule has 0 atom stereocenters. The third-order valence-corrected chi connectivity index (χ3v) is 5.03. The van der Waals surface area contributed by atoms with Crippen LogP contribution < -0.4 is 4.72 Å². The highest BCUT2D eigenvalue weighted by molar-refractivity contribution is 9.10. The van der Waals surface area contributed by atoms with E-state index < -0.39 is 10.0 Å². The molecule has 1 rings (SSSR count). The smallest absolute Gasteiger partial charge is 0.212 e. The van der Waals surface area contributed by atoms with Gasteiger partial charge in [-0.1, -0.05) is 13.8 Å². The van der Waals surface area contributed by atoms with Crippen molar-refractivity contribution in [1.82, 2.24) is 4.72 Å². The topological polar surface area (TPSA) is 46.2 Å². The van der Waals surface area contributed by atoms with E-state index in [2.05, 4.69) is 20.7 Å². The van der Waals surface area contributed by atoms with Crippen molar-refractivity contribution in [2.24, 2.45) is 5.92 Å². The molecule has 1 N–H and O–H groups in total. The first kappa shape index (κ1) is 13.2. The van der Waals surface area contributed by atoms with E-state index in [0.717, 1.165) is 9.35 Å². The van der Waals surface area contributed by atoms with Gasteiger partial charge in [-0.3, -0.25) is 0 Å². The molecular formula is C9H14BrNO2S2. The van der Waals surface area contributed by atoms with Gasteiger partial charge in [-0.15, -0.1) is 11.3 Å². The molecule has 0 aromatic carbocycles. The first-order chi connectivity index (χ1) is 6.89. The summed E-state index contributed by atoms with van der Waals surface area (Å²) in [5, 5.41) is 1.94. The van der Waals surface area contributed by atoms with Gasteiger partial charge in [0.2, 0.25) is 10.0 Å². The fraction of sp³-hybridized carbons (Fsp3) is 0.556. The molecule has 0 spiro atoms. The van der Waals surface area contributed by atoms with Crippen LogP contribution in [0.3, 0.4) is 0 Å². The third-order valence-electron chi connectivity index (χ3n) is 1.64. The fourth-order valence-electron chi connectivity index (χ4n) is 1.13. The molecule has 0 radical (unpaired) electrons. The summed E-state index contributed by atoms with van der Waals surface area (Å²) in [6.07, 6.45) is 0. The Hall–Kier alpha value is 0.0900. The van der Waals surface area contributed by atoms with E-state index in [1.165, 1.54) is 11.3 Å². The minimum absolute atomic E-state index is 0.151. The lowest BCUT2D eigenvalue weighted by Crippen LogP contribution is -2.27. The lowest BCUT2D eigenvalue weighted by atomic mass is 10.3. The second kappa shape index (κ2) is 5.43. The summed E-state index contributed by atoms with van der Waals surface area (Å²) in [6.45, 7) is 4.16. The normalized spacial score (nSPS) is 12.3. The Morgan fingerprint density at radius 2 is 2.20 bits per heavy atom. The van der Waals surface area contributed by atoms with Crippen molar-refractivity contribution < 1.29 is 8.42 Å². The minimum Gasteiger partial charge on any atom is -0.212 e. The number of thiophene rings is 1. The number of halogens is 1. The van der Waals surface area contributed by atoms with Crippen LogP contribution in [-0.2, 0) is 16.6 Å². The minimum atomic E-state index is -3.13. The van der Waals surface area contributed by atoms with E-state index in [-0.39, 0.29) is 11.7 Å². The van der Waals surface area contributed by atoms with E-state index in [4.69, 9.17) is 0 Å². The maximum absolute atomic E-state index is 11.5. The lowest BCUT2D eigenvalue weighted by molar-refractivity contribution is 0.568. The summed E-state index contributed by atoms with van der Waals surface area (Å²) in [5.74, 6) is 0.331. The highest BCUT2D eigenvalue weighted by Crippen LogP contribution is 2.19. The standard InChI is InChI=1S/C9H14BrNO2S2/c1-7(2)6-15(12,13)11-4-9-3-8(10)5-14-9/h3,5,7,11H,4,6H2,1-2H3. The van der Waals surface area contributed by atoms with E-state index >= 15 is 0 Å². The van der Waals surface area contributed by atoms with Gasteiger partial charge >= 0.3 is 0 Å². The molecule has 0 saturated carbocycles. The van der Waals surface area contributed by atoms with Crippen LogP contribution in [0.1, 0.15) is 18.7 Å². The van der Waals surface area contributed by atoms with Crippen molar-refractivity contribution in [2.75, 3.05) is 5.75 Å². The Labute approximate surface area is 103 Å². The molecule has 3 nitrogen and oxygen atoms in total. The van der Waals surface area contributed by atoms with Gasteiger partial charge in [0.25, 0.3) is 0 Å². The summed E-state index contributed by atoms with van der Waals surface area (Å²) in [4.78, 5) is 1.01. The number of hydrogen-bond acceptors (Lipinski definition) is 3. The molecule has 1 aromatic heterocycles. The Morgan fingerprint density at radius 1 is 1.53 bits per heavy atom. The van der Waals surface area contributed by atoms with Gasteiger partial charge in [0.1, 0.15) is 0 Å². The third kappa shape index (κ3) is 5.10. The second-order valence-corrected chi connectivity index (χ2v) is 7.49. The van der Waals surface area contributed by atoms with Gasteiger partial charge in [0, 0.05) is 21.3 Å². The predicted molar refractivity (Wildman–Crippen MR) is 67.5 cm³/mol. The highest BCUT2D eigenvalue weighted by atomic mass is 79.9. The Kier molecular flexibility index (Phi) is 4.76. The Balaban J connectivity index is 2.50. The molecule has 0 aliphatic rings. The highest BCUT2D eigenvalue weighted by Gasteiger charge is 2.12. The monoisotopic (exact) mass is 311 g/mol. The van der Waals surface area contributed by atoms with E-state index in [9.17, 15) is 8.42 Å². The molecule has 0 amide bonds. The Bertz CT molecular complexity index is 412. The molecular weight excluding hydrogens is 298 g/mol. The molecule has 0 aliphatic heterocycles. The largest absolute Gasteiger partial charge is 0.212 e. The molecule has 1 heterocycles. The first-order valence-corrected chi connectivity index (χ1v) is 7.92. The zero-order valence-electron chi connectivity index (χ0n) is 8.66. The number of rotatable bonds is 5. The van der Waals surface area contributed by atoms with Gasteiger partial charge in [-0.05, 0) is 27.9 Å². The summed E-state index contributed by atoms with van der Waals surface area (Å²) in [7, 11) is -3.13. The van der Waals surface area contributed by atoms with Crippen LogP contribution in [0.15, 0.2) is 15.9 Å². The molecule has 0 fully saturated rings. The average molecular weight is 312 g/mol. The van der Waals surface area contributed by atoms with Crippen LogP contribution in [0, 0.1) is 5.92 Å². The Morgan fingerprint density at radius 3 is 2.67 bits per heavy atom. The van der Waals surface area contributed by atoms with Crippen molar-refractivity contribution in [2.45, 2.75) is 20.4 Å². The fourth-order valence-corrected chi connectivity index (χ4v) is 3.98. The van der Waals surface area contributed by atoms with Gasteiger partial charge in [0.05, 0.1) is 5.75 Å². The number of sulfonamides is 1. The van der Waals surface area contributed by atoms with E-state index in [0.29, 0.717) is 6.54 Å². The number of nitrogens with one attached hydrogen (secondary N) is 1. The molecule has 86 valence electrons. The molecule has 6 heteroatoms. The SMILES string of the molecule is CC(C)CS(=O)(=O)NCc1cc(Br)cs1. The molecule has 0 bridgehead atoms. The van der Waals surface area contributed by atoms with Crippen LogP contribution in [0.25, 0.3) is 0 Å². The predicted octanol–water partition coefficient (Wildman–Crippen LogP) is 2.59. The summed E-state index contributed by atoms with van der Waals surface area (Å²) < 4.78 is 26.6. The maximum Gasteiger partial charge on any atom is 0.212 e. The van der Waals surface area contributed by atoms with Crippen molar-refractivity contribution >= 4 is 37.3 Å². The van der Waals surface area contributed by atoms with Gasteiger partial charge < -0.3 is 0 Å². The van der Waals surface area contributed by atoms with Gasteiger partial charge in [-0.25, -0.2) is 13.1 Å². The van der Waals surface area contributed by atoms with Crippen molar-refractivity contribution in [3.05, 3.63) is 20.8 Å². The molecule has 0 saturated heterocycles. The second-order valence-electron chi connectivity index (χ2n) is 3.73. The molecule has 15 heavy (non-hydrogen) atoms. The zero-order valence-corrected chi connectivity index (χ0v) is 11.9. The van der Waals surface area contributed by atoms with Crippen LogP contribution >= 0.6 is 27.3 Å². The van der Waals surface area contributed by atoms with Crippen LogP contribution in [-0.4, -0.2) is 14.2 Å². The molecule has 0 unspecified atom stereocenters. The van der Waals surface area contributed by atoms with Crippen molar-refractivity contribution in [3.8, 4) is 0 Å². The summed E-state index contributed by atoms with van der Waals surface area (Å²) in [6, 6.07) is 1.92. The lowest BCUT2D eigenvalue weighted by Gasteiger charge is -2.07. The maximum atomic E-state index is 11.5. The quantitative estimate of drug-likeness (QED) is 0.908. The van der Waals surface area contributed by atoms with Crippen LogP contribution in [0.2, 0.25) is 0 Å². The van der Waals surface area contributed by atoms with E-state index in [1.807, 2.05) is 25.3 Å². The van der Waals surface area contributed by atoms with E-state index in [1.54, 1.807) is 0 Å². The van der Waals surface area contributed by atoms with Crippen LogP contribution in [0.5, 0.6) is 0 Å². The van der Waals surface area contributed by atoms with Gasteiger partial charge in [-0.2, -0.15) is 0 Å². The first-order valence-electron chi connectivity index (χ1n) is 4.59. The summed E-state index contributed by atoms with van der Waals surface area (Å²) >= 11 is 4.86. The van der Waals surface area contributed by atoms with Crippen LogP contribution in [0.4, 0.5) is 0 Å². The molecule has 1 aromatic rings. The number of hydrogen-bond donors (Lipinski definition) is 1. The average Bonchev–Trinajstić information content (AvgIpc) is 2.46. The summed E-state index contributed by atoms with van der Waals surface area (Å²) in [5.41, 5.74) is 0. The van der Waals surface area contributed by atoms with Crippen molar-refractivity contribution in [1.29, 1.82) is 0 Å². The molecule has 0 aliphatic carbocycles.